The van der Waals surface area contributed by atoms with E-state index in [4.69, 9.17) is 14.5 Å². The number of quaternary nitrogens is 1. The molecule has 0 aromatic heterocycles. The molecule has 1 aromatic rings. The number of fused-ring (bicyclic) bond motifs is 6. The Morgan fingerprint density at radius 1 is 0.968 bits per heavy atom. The molecule has 13 atom stereocenters. The van der Waals surface area contributed by atoms with Crippen LogP contribution in [0.1, 0.15) is 148 Å². The number of carbonyl (C=O) groups is 2. The Morgan fingerprint density at radius 2 is 1.69 bits per heavy atom. The van der Waals surface area contributed by atoms with Crippen molar-refractivity contribution in [2.75, 3.05) is 19.8 Å². The van der Waals surface area contributed by atoms with Gasteiger partial charge in [-0.15, -0.1) is 0 Å². The van der Waals surface area contributed by atoms with Crippen molar-refractivity contribution < 1.29 is 34.2 Å². The average molecular weight is 848 g/mol. The standard InChI is InChI=1S/C54H74N2O6/c1-31-23-33(26-35(24-31)34-16-21-61-22-17-34)27-36-29-56(39-15-20-55-46(36)39)30-38-45-44(32(2)25-40(57)49-50(3,4)62-49)41(58)28-53(45,7)52(6)19-13-42-51(5,48(52)47(38)60)18-14-43(59)54(42,8)37-11-9-10-12-37/h15,20,23-24,26,29,32,34,37-40,42,47-49,57,60H,9-14,16-19,21-22,25,27-28,30H2,1-8H3/p+1/t32-,38+,39?,40-,42-,47-,48+,49+,51+,52+,53-,54+/m1/s1. The monoisotopic (exact) mass is 848 g/mol. The van der Waals surface area contributed by atoms with E-state index in [2.05, 4.69) is 72.0 Å². The number of benzene rings is 1. The molecule has 0 bridgehead atoms. The van der Waals surface area contributed by atoms with Crippen molar-refractivity contribution in [3.8, 4) is 0 Å². The summed E-state index contributed by atoms with van der Waals surface area (Å²) in [5.74, 6) is 1.27. The molecule has 8 nitrogen and oxygen atoms in total. The zero-order chi connectivity index (χ0) is 43.7. The lowest BCUT2D eigenvalue weighted by atomic mass is 9.34. The van der Waals surface area contributed by atoms with Gasteiger partial charge in [0.1, 0.15) is 23.8 Å². The molecule has 336 valence electrons. The molecule has 6 fully saturated rings. The Kier molecular flexibility index (Phi) is 10.5. The van der Waals surface area contributed by atoms with Crippen molar-refractivity contribution in [1.82, 2.24) is 0 Å². The Morgan fingerprint density at radius 3 is 2.40 bits per heavy atom. The van der Waals surface area contributed by atoms with Crippen molar-refractivity contribution in [3.63, 3.8) is 0 Å². The third-order valence-electron chi connectivity index (χ3n) is 19.7. The van der Waals surface area contributed by atoms with Gasteiger partial charge in [0.15, 0.2) is 11.8 Å². The Bertz CT molecular complexity index is 2140. The Balaban J connectivity index is 1.04. The van der Waals surface area contributed by atoms with E-state index < -0.39 is 17.6 Å². The number of nitrogens with one attached hydrogen (secondary N) is 1. The summed E-state index contributed by atoms with van der Waals surface area (Å²) in [6.45, 7) is 20.2. The fourth-order valence-electron chi connectivity index (χ4n) is 16.6. The predicted molar refractivity (Wildman–Crippen MR) is 242 cm³/mol. The normalized spacial score (nSPS) is 42.3. The quantitative estimate of drug-likeness (QED) is 0.206. The number of aryl methyl sites for hydroxylation is 1. The molecule has 10 rings (SSSR count). The van der Waals surface area contributed by atoms with Gasteiger partial charge in [-0.1, -0.05) is 71.2 Å². The van der Waals surface area contributed by atoms with Crippen molar-refractivity contribution in [3.05, 3.63) is 70.1 Å². The van der Waals surface area contributed by atoms with E-state index in [9.17, 15) is 19.8 Å². The van der Waals surface area contributed by atoms with Crippen molar-refractivity contribution >= 4 is 17.3 Å². The van der Waals surface area contributed by atoms with Crippen LogP contribution in [0.5, 0.6) is 0 Å². The predicted octanol–water partition coefficient (Wildman–Crippen LogP) is 7.98. The smallest absolute Gasteiger partial charge is 0.160 e. The highest BCUT2D eigenvalue weighted by atomic mass is 16.6. The van der Waals surface area contributed by atoms with Crippen LogP contribution in [0.25, 0.3) is 0 Å². The van der Waals surface area contributed by atoms with E-state index in [1.54, 1.807) is 0 Å². The SMILES string of the molecule is Cc1cc(CC2=C[NH+](C[C@H]3C4=C([C@H](C)C[C@@H](O)[C@@H]5OC5(C)C)C(=O)C[C@@]4(C)[C@@]4(C)CC[C@@H]5[C@](C)(CCC(=O)[C@@]5(C)C5CCCC5)[C@@H]4[C@@H]3O)C3C=CN=C23)cc(C2CCOCC2)c1. The highest BCUT2D eigenvalue weighted by Crippen LogP contribution is 2.75. The largest absolute Gasteiger partial charge is 0.392 e. The molecular formula is C54H75N2O6+. The molecule has 8 heteroatoms. The minimum absolute atomic E-state index is 0.0545. The van der Waals surface area contributed by atoms with Gasteiger partial charge < -0.3 is 19.7 Å². The van der Waals surface area contributed by atoms with Gasteiger partial charge in [-0.25, -0.2) is 0 Å². The number of aliphatic imine (C=N–C) groups is 1. The fraction of sp³-hybridized carbons (Fsp3) is 0.722. The fourth-order valence-corrected chi connectivity index (χ4v) is 16.6. The third kappa shape index (κ3) is 6.48. The molecule has 62 heavy (non-hydrogen) atoms. The number of hydrogen-bond acceptors (Lipinski definition) is 7. The molecule has 5 aliphatic carbocycles. The number of ether oxygens (including phenoxy) is 2. The molecular weight excluding hydrogens is 773 g/mol. The first-order chi connectivity index (χ1) is 29.4. The third-order valence-corrected chi connectivity index (χ3v) is 19.7. The van der Waals surface area contributed by atoms with Gasteiger partial charge in [-0.3, -0.25) is 19.5 Å². The number of nitrogens with zero attached hydrogens (tertiary/aromatic N) is 1. The number of aliphatic hydroxyl groups is 2. The minimum atomic E-state index is -0.685. The van der Waals surface area contributed by atoms with Gasteiger partial charge in [0, 0.05) is 55.1 Å². The van der Waals surface area contributed by atoms with Gasteiger partial charge in [0.05, 0.1) is 30.3 Å². The van der Waals surface area contributed by atoms with Crippen LogP contribution in [-0.4, -0.2) is 77.2 Å². The van der Waals surface area contributed by atoms with Gasteiger partial charge in [-0.05, 0) is 141 Å². The topological polar surface area (TPSA) is 113 Å². The summed E-state index contributed by atoms with van der Waals surface area (Å²) in [5.41, 5.74) is 6.61. The first-order valence-corrected chi connectivity index (χ1v) is 24.7. The van der Waals surface area contributed by atoms with Crippen LogP contribution >= 0.6 is 0 Å². The molecule has 3 N–H and O–H groups in total. The maximum absolute atomic E-state index is 14.9. The summed E-state index contributed by atoms with van der Waals surface area (Å²) in [5, 5.41) is 25.1. The lowest BCUT2D eigenvalue weighted by molar-refractivity contribution is -0.856. The maximum atomic E-state index is 14.9. The molecule has 4 saturated carbocycles. The summed E-state index contributed by atoms with van der Waals surface area (Å²) < 4.78 is 11.6. The van der Waals surface area contributed by atoms with Crippen molar-refractivity contribution in [2.24, 2.45) is 56.2 Å². The van der Waals surface area contributed by atoms with E-state index in [1.807, 2.05) is 20.0 Å². The number of ketones is 2. The molecule has 2 saturated heterocycles. The molecule has 4 heterocycles. The zero-order valence-electron chi connectivity index (χ0n) is 39.0. The molecule has 0 amide bonds. The van der Waals surface area contributed by atoms with Gasteiger partial charge >= 0.3 is 0 Å². The van der Waals surface area contributed by atoms with Crippen molar-refractivity contribution in [1.29, 1.82) is 0 Å². The lowest BCUT2D eigenvalue weighted by Crippen LogP contribution is -3.11. The summed E-state index contributed by atoms with van der Waals surface area (Å²) >= 11 is 0. The van der Waals surface area contributed by atoms with Gasteiger partial charge in [0.2, 0.25) is 0 Å². The number of allylic oxidation sites excluding steroid dienone is 1. The number of carbonyl (C=O) groups excluding carboxylic acids is 2. The molecule has 1 aromatic carbocycles. The Hall–Kier alpha value is -2.75. The molecule has 4 aliphatic heterocycles. The highest BCUT2D eigenvalue weighted by molar-refractivity contribution is 6.07. The molecule has 0 spiro atoms. The summed E-state index contributed by atoms with van der Waals surface area (Å²) in [4.78, 5) is 35.5. The zero-order valence-corrected chi connectivity index (χ0v) is 39.0. The summed E-state index contributed by atoms with van der Waals surface area (Å²) in [6, 6.07) is 7.15. The van der Waals surface area contributed by atoms with Gasteiger partial charge in [0.25, 0.3) is 0 Å². The summed E-state index contributed by atoms with van der Waals surface area (Å²) in [7, 11) is 0. The highest BCUT2D eigenvalue weighted by Gasteiger charge is 2.73. The molecule has 9 aliphatic rings. The van der Waals surface area contributed by atoms with Crippen LogP contribution in [0.15, 0.2) is 58.4 Å². The number of epoxide rings is 1. The Labute approximate surface area is 371 Å². The van der Waals surface area contributed by atoms with Crippen LogP contribution in [0.3, 0.4) is 0 Å². The first-order valence-electron chi connectivity index (χ1n) is 24.7. The van der Waals surface area contributed by atoms with E-state index in [1.165, 1.54) is 40.0 Å². The number of aliphatic hydroxyl groups excluding tert-OH is 2. The van der Waals surface area contributed by atoms with Crippen LogP contribution < -0.4 is 4.90 Å². The second-order valence-corrected chi connectivity index (χ2v) is 23.5. The second-order valence-electron chi connectivity index (χ2n) is 23.5. The molecule has 0 radical (unpaired) electrons. The number of Topliss-reactive ketones (excluding diaryl/α,β-unsaturated/α-hetero) is 2. The van der Waals surface area contributed by atoms with E-state index in [0.29, 0.717) is 43.4 Å². The van der Waals surface area contributed by atoms with Crippen LogP contribution in [0.4, 0.5) is 0 Å². The first kappa shape index (κ1) is 43.2. The van der Waals surface area contributed by atoms with E-state index >= 15 is 0 Å². The van der Waals surface area contributed by atoms with Crippen LogP contribution in [0, 0.1) is 58.2 Å². The average Bonchev–Trinajstić information content (AvgIpc) is 3.80. The van der Waals surface area contributed by atoms with Crippen molar-refractivity contribution in [2.45, 2.75) is 175 Å². The lowest BCUT2D eigenvalue weighted by Gasteiger charge is -2.70. The van der Waals surface area contributed by atoms with E-state index in [0.717, 1.165) is 81.4 Å². The minimum Gasteiger partial charge on any atom is -0.392 e. The van der Waals surface area contributed by atoms with E-state index in [-0.39, 0.29) is 63.4 Å². The van der Waals surface area contributed by atoms with Crippen LogP contribution in [0.2, 0.25) is 0 Å². The number of hydrogen-bond donors (Lipinski definition) is 3. The van der Waals surface area contributed by atoms with Gasteiger partial charge in [-0.2, -0.15) is 0 Å². The maximum Gasteiger partial charge on any atom is 0.160 e. The van der Waals surface area contributed by atoms with Crippen LogP contribution in [-0.2, 0) is 25.5 Å². The number of rotatable bonds is 10. The molecule has 2 unspecified atom stereocenters. The second kappa shape index (κ2) is 15.2. The summed E-state index contributed by atoms with van der Waals surface area (Å²) in [6.07, 6.45) is 16.7.